The molecule has 9 rings (SSSR count). The number of aromatic nitrogens is 1. The van der Waals surface area contributed by atoms with E-state index in [0.717, 1.165) is 27.6 Å². The van der Waals surface area contributed by atoms with E-state index in [-0.39, 0.29) is 0 Å². The Kier molecular flexibility index (Phi) is 5.87. The van der Waals surface area contributed by atoms with Gasteiger partial charge < -0.3 is 8.98 Å². The lowest BCUT2D eigenvalue weighted by molar-refractivity contribution is 0.669. The summed E-state index contributed by atoms with van der Waals surface area (Å²) in [5.74, 6) is 0. The second-order valence-corrected chi connectivity index (χ2v) is 11.0. The van der Waals surface area contributed by atoms with Crippen LogP contribution < -0.4 is 0 Å². The average Bonchev–Trinajstić information content (AvgIpc) is 3.61. The number of nitrogens with zero attached hydrogens (tertiary/aromatic N) is 1. The van der Waals surface area contributed by atoms with Crippen LogP contribution in [0.3, 0.4) is 0 Å². The van der Waals surface area contributed by atoms with E-state index in [1.54, 1.807) is 6.08 Å². The van der Waals surface area contributed by atoms with Crippen LogP contribution in [0.15, 0.2) is 157 Å². The summed E-state index contributed by atoms with van der Waals surface area (Å²) < 4.78 is 8.52. The lowest BCUT2D eigenvalue weighted by Gasteiger charge is -2.11. The number of para-hydroxylation sites is 1. The Hall–Kier alpha value is -5.60. The highest BCUT2D eigenvalue weighted by Gasteiger charge is 2.17. The van der Waals surface area contributed by atoms with Gasteiger partial charge in [0.2, 0.25) is 0 Å². The largest absolute Gasteiger partial charge is 0.456 e. The molecular weight excluding hydrogens is 522 g/mol. The first-order chi connectivity index (χ1) is 21.2. The highest BCUT2D eigenvalue weighted by atomic mass is 16.3. The molecule has 2 aromatic heterocycles. The Morgan fingerprint density at radius 2 is 1.07 bits per heavy atom. The van der Waals surface area contributed by atoms with Crippen molar-refractivity contribution in [2.24, 2.45) is 0 Å². The van der Waals surface area contributed by atoms with Crippen molar-refractivity contribution in [3.63, 3.8) is 0 Å². The molecule has 0 aliphatic heterocycles. The summed E-state index contributed by atoms with van der Waals surface area (Å²) in [6.07, 6.45) is 1.75. The molecule has 2 nitrogen and oxygen atoms in total. The number of fused-ring (bicyclic) bond motifs is 10. The topological polar surface area (TPSA) is 18.1 Å². The van der Waals surface area contributed by atoms with Crippen LogP contribution in [-0.4, -0.2) is 4.57 Å². The molecule has 204 valence electrons. The van der Waals surface area contributed by atoms with Gasteiger partial charge in [0.15, 0.2) is 0 Å². The van der Waals surface area contributed by atoms with Gasteiger partial charge in [0, 0.05) is 27.2 Å². The van der Waals surface area contributed by atoms with E-state index in [0.29, 0.717) is 0 Å². The summed E-state index contributed by atoms with van der Waals surface area (Å²) in [4.78, 5) is 0. The van der Waals surface area contributed by atoms with Crippen molar-refractivity contribution in [2.45, 2.75) is 6.92 Å². The normalized spacial score (nSPS) is 11.5. The van der Waals surface area contributed by atoms with Gasteiger partial charge in [-0.15, -0.1) is 6.58 Å². The molecule has 0 unspecified atom stereocenters. The van der Waals surface area contributed by atoms with Crippen LogP contribution in [0.4, 0.5) is 0 Å². The summed E-state index contributed by atoms with van der Waals surface area (Å²) in [6.45, 7) is 5.25. The Balaban J connectivity index is 0.000000892. The lowest BCUT2D eigenvalue weighted by atomic mass is 10.00. The van der Waals surface area contributed by atoms with Crippen molar-refractivity contribution in [2.75, 3.05) is 0 Å². The summed E-state index contributed by atoms with van der Waals surface area (Å²) in [5.41, 5.74) is 7.80. The molecule has 0 N–H and O–H groups in total. The Bertz CT molecular complexity index is 2400. The van der Waals surface area contributed by atoms with Crippen LogP contribution in [0.25, 0.3) is 82.1 Å². The number of rotatable bonds is 2. The minimum atomic E-state index is 0.919. The van der Waals surface area contributed by atoms with Crippen molar-refractivity contribution < 1.29 is 4.42 Å². The summed E-state index contributed by atoms with van der Waals surface area (Å²) in [6, 6.07) is 50.2. The van der Waals surface area contributed by atoms with Gasteiger partial charge in [-0.2, -0.15) is 0 Å². The van der Waals surface area contributed by atoms with E-state index < -0.39 is 0 Å². The summed E-state index contributed by atoms with van der Waals surface area (Å²) in [7, 11) is 0. The highest BCUT2D eigenvalue weighted by molar-refractivity contribution is 6.28. The zero-order valence-corrected chi connectivity index (χ0v) is 23.9. The molecule has 2 heterocycles. The van der Waals surface area contributed by atoms with Crippen LogP contribution in [0.1, 0.15) is 6.92 Å². The van der Waals surface area contributed by atoms with Gasteiger partial charge >= 0.3 is 0 Å². The Morgan fingerprint density at radius 3 is 1.74 bits per heavy atom. The molecule has 0 spiro atoms. The van der Waals surface area contributed by atoms with Gasteiger partial charge in [-0.3, -0.25) is 0 Å². The fraction of sp³-hybridized carbons (Fsp3) is 0.0244. The third-order valence-corrected chi connectivity index (χ3v) is 8.36. The van der Waals surface area contributed by atoms with Crippen molar-refractivity contribution in [3.8, 4) is 16.8 Å². The fourth-order valence-electron chi connectivity index (χ4n) is 6.56. The van der Waals surface area contributed by atoms with Crippen LogP contribution >= 0.6 is 0 Å². The Labute approximate surface area is 249 Å². The van der Waals surface area contributed by atoms with E-state index in [1.165, 1.54) is 54.5 Å². The Morgan fingerprint density at radius 1 is 0.512 bits per heavy atom. The fourth-order valence-corrected chi connectivity index (χ4v) is 6.56. The van der Waals surface area contributed by atoms with E-state index in [1.807, 2.05) is 19.1 Å². The van der Waals surface area contributed by atoms with Crippen molar-refractivity contribution in [3.05, 3.63) is 152 Å². The molecule has 9 aromatic rings. The van der Waals surface area contributed by atoms with Gasteiger partial charge in [0.05, 0.1) is 11.0 Å². The number of benzene rings is 7. The second-order valence-electron chi connectivity index (χ2n) is 11.0. The quantitative estimate of drug-likeness (QED) is 0.195. The highest BCUT2D eigenvalue weighted by Crippen LogP contribution is 2.41. The molecular formula is C41H29NO. The van der Waals surface area contributed by atoms with Crippen LogP contribution in [0, 0.1) is 0 Å². The molecule has 0 aliphatic rings. The van der Waals surface area contributed by atoms with Gasteiger partial charge in [-0.25, -0.2) is 0 Å². The van der Waals surface area contributed by atoms with Crippen LogP contribution in [0.2, 0.25) is 0 Å². The maximum Gasteiger partial charge on any atom is 0.135 e. The lowest BCUT2D eigenvalue weighted by Crippen LogP contribution is -1.94. The standard InChI is InChI=1S/C38H23NO.C3H6/c1-3-12-29-24(8-1)16-19-33-37(29)38-30-13-4-2-9-25(30)17-20-34(38)39(33)28-11-7-10-26(22-28)27-18-21-36-32(23-27)31-14-5-6-15-35(31)40-36;1-3-2/h1-23H;3H,1H2,2H3. The molecule has 0 saturated heterocycles. The molecule has 0 bridgehead atoms. The minimum Gasteiger partial charge on any atom is -0.456 e. The van der Waals surface area contributed by atoms with E-state index in [4.69, 9.17) is 4.42 Å². The summed E-state index contributed by atoms with van der Waals surface area (Å²) in [5, 5.41) is 10.0. The van der Waals surface area contributed by atoms with E-state index in [9.17, 15) is 0 Å². The van der Waals surface area contributed by atoms with E-state index >= 15 is 0 Å². The minimum absolute atomic E-state index is 0.919. The predicted octanol–water partition coefficient (Wildman–Crippen LogP) is 11.8. The summed E-state index contributed by atoms with van der Waals surface area (Å²) >= 11 is 0. The monoisotopic (exact) mass is 551 g/mol. The molecule has 0 saturated carbocycles. The molecule has 0 aliphatic carbocycles. The van der Waals surface area contributed by atoms with Gasteiger partial charge in [0.1, 0.15) is 11.2 Å². The first kappa shape index (κ1) is 25.1. The van der Waals surface area contributed by atoms with Crippen molar-refractivity contribution in [1.29, 1.82) is 0 Å². The average molecular weight is 552 g/mol. The third kappa shape index (κ3) is 3.95. The van der Waals surface area contributed by atoms with Crippen molar-refractivity contribution >= 4 is 65.3 Å². The SMILES string of the molecule is C=CC.c1cc(-c2ccc3oc4ccccc4c3c2)cc(-n2c3ccc4ccccc4c3c3c4ccccc4ccc32)c1. The first-order valence-corrected chi connectivity index (χ1v) is 14.7. The first-order valence-electron chi connectivity index (χ1n) is 14.7. The van der Waals surface area contributed by atoms with Gasteiger partial charge in [-0.1, -0.05) is 103 Å². The van der Waals surface area contributed by atoms with Gasteiger partial charge in [-0.05, 0) is 82.1 Å². The van der Waals surface area contributed by atoms with Gasteiger partial charge in [0.25, 0.3) is 0 Å². The number of allylic oxidation sites excluding steroid dienone is 1. The molecule has 0 radical (unpaired) electrons. The number of furan rings is 1. The molecule has 7 aromatic carbocycles. The molecule has 0 fully saturated rings. The maximum atomic E-state index is 6.09. The molecule has 2 heteroatoms. The smallest absolute Gasteiger partial charge is 0.135 e. The number of hydrogen-bond acceptors (Lipinski definition) is 1. The zero-order chi connectivity index (χ0) is 28.9. The van der Waals surface area contributed by atoms with Crippen LogP contribution in [-0.2, 0) is 0 Å². The third-order valence-electron chi connectivity index (χ3n) is 8.36. The zero-order valence-electron chi connectivity index (χ0n) is 23.9. The van der Waals surface area contributed by atoms with E-state index in [2.05, 4.69) is 139 Å². The second kappa shape index (κ2) is 10.0. The molecule has 43 heavy (non-hydrogen) atoms. The van der Waals surface area contributed by atoms with Crippen molar-refractivity contribution in [1.82, 2.24) is 4.57 Å². The molecule has 0 amide bonds. The van der Waals surface area contributed by atoms with Crippen LogP contribution in [0.5, 0.6) is 0 Å². The predicted molar refractivity (Wildman–Crippen MR) is 184 cm³/mol. The molecule has 0 atom stereocenters. The maximum absolute atomic E-state index is 6.09. The number of hydrogen-bond donors (Lipinski definition) is 0.